The lowest BCUT2D eigenvalue weighted by Crippen LogP contribution is -2.33. The third-order valence-corrected chi connectivity index (χ3v) is 4.74. The number of ether oxygens (including phenoxy) is 1. The summed E-state index contributed by atoms with van der Waals surface area (Å²) in [6, 6.07) is 16.9. The Morgan fingerprint density at radius 1 is 1.12 bits per heavy atom. The number of para-hydroxylation sites is 2. The van der Waals surface area contributed by atoms with E-state index in [1.165, 1.54) is 4.68 Å². The standard InChI is InChI=1S/C20H19N3O3/c1-13-18(20(25)23(22(13)2)15-9-4-3-5-10-15)21-19(24)17-12-14-8-6-7-11-16(14)26-17/h3-11,17H,12H2,1-2H3,(H,21,24). The number of amides is 1. The van der Waals surface area contributed by atoms with Crippen LogP contribution in [0.1, 0.15) is 11.3 Å². The quantitative estimate of drug-likeness (QED) is 0.790. The normalized spacial score (nSPS) is 15.4. The number of nitrogens with one attached hydrogen (secondary N) is 1. The van der Waals surface area contributed by atoms with E-state index in [9.17, 15) is 9.59 Å². The van der Waals surface area contributed by atoms with Crippen LogP contribution in [0, 0.1) is 6.92 Å². The van der Waals surface area contributed by atoms with E-state index < -0.39 is 6.10 Å². The first kappa shape index (κ1) is 16.2. The van der Waals surface area contributed by atoms with Gasteiger partial charge in [-0.05, 0) is 30.7 Å². The van der Waals surface area contributed by atoms with Gasteiger partial charge in [0, 0.05) is 13.5 Å². The van der Waals surface area contributed by atoms with Crippen molar-refractivity contribution in [3.05, 3.63) is 76.2 Å². The number of aromatic nitrogens is 2. The van der Waals surface area contributed by atoms with Crippen molar-refractivity contribution in [2.75, 3.05) is 5.32 Å². The van der Waals surface area contributed by atoms with E-state index in [4.69, 9.17) is 4.74 Å². The smallest absolute Gasteiger partial charge is 0.295 e. The fourth-order valence-electron chi connectivity index (χ4n) is 3.24. The summed E-state index contributed by atoms with van der Waals surface area (Å²) in [4.78, 5) is 25.5. The Hall–Kier alpha value is -3.28. The minimum absolute atomic E-state index is 0.264. The van der Waals surface area contributed by atoms with Gasteiger partial charge < -0.3 is 10.1 Å². The Morgan fingerprint density at radius 3 is 2.54 bits per heavy atom. The first-order valence-electron chi connectivity index (χ1n) is 8.45. The van der Waals surface area contributed by atoms with Crippen molar-refractivity contribution in [1.82, 2.24) is 9.36 Å². The summed E-state index contributed by atoms with van der Waals surface area (Å²) in [5.41, 5.74) is 2.44. The summed E-state index contributed by atoms with van der Waals surface area (Å²) >= 11 is 0. The van der Waals surface area contributed by atoms with E-state index >= 15 is 0 Å². The van der Waals surface area contributed by atoms with E-state index in [1.54, 1.807) is 18.7 Å². The molecule has 1 aliphatic heterocycles. The number of carbonyl (C=O) groups excluding carboxylic acids is 1. The lowest BCUT2D eigenvalue weighted by molar-refractivity contribution is -0.122. The van der Waals surface area contributed by atoms with Crippen molar-refractivity contribution in [1.29, 1.82) is 0 Å². The van der Waals surface area contributed by atoms with Gasteiger partial charge in [-0.2, -0.15) is 0 Å². The Kier molecular flexibility index (Phi) is 3.88. The van der Waals surface area contributed by atoms with E-state index in [2.05, 4.69) is 5.32 Å². The molecule has 2 heterocycles. The van der Waals surface area contributed by atoms with Crippen molar-refractivity contribution in [3.8, 4) is 11.4 Å². The minimum atomic E-state index is -0.628. The van der Waals surface area contributed by atoms with E-state index in [0.29, 0.717) is 12.1 Å². The van der Waals surface area contributed by atoms with Crippen LogP contribution in [0.3, 0.4) is 0 Å². The summed E-state index contributed by atoms with van der Waals surface area (Å²) < 4.78 is 8.99. The van der Waals surface area contributed by atoms with Crippen molar-refractivity contribution >= 4 is 11.6 Å². The van der Waals surface area contributed by atoms with Crippen LogP contribution < -0.4 is 15.6 Å². The predicted molar refractivity (Wildman–Crippen MR) is 98.9 cm³/mol. The van der Waals surface area contributed by atoms with Gasteiger partial charge >= 0.3 is 0 Å². The molecule has 0 aliphatic carbocycles. The number of carbonyl (C=O) groups is 1. The summed E-state index contributed by atoms with van der Waals surface area (Å²) in [7, 11) is 1.79. The highest BCUT2D eigenvalue weighted by atomic mass is 16.5. The molecular weight excluding hydrogens is 330 g/mol. The van der Waals surface area contributed by atoms with Crippen LogP contribution >= 0.6 is 0 Å². The van der Waals surface area contributed by atoms with Crippen LogP contribution in [0.15, 0.2) is 59.4 Å². The van der Waals surface area contributed by atoms with Crippen LogP contribution in [0.5, 0.6) is 5.75 Å². The molecule has 2 aromatic carbocycles. The van der Waals surface area contributed by atoms with Crippen molar-refractivity contribution in [3.63, 3.8) is 0 Å². The molecule has 0 spiro atoms. The third kappa shape index (κ3) is 2.60. The van der Waals surface area contributed by atoms with Crippen LogP contribution in [-0.2, 0) is 18.3 Å². The molecule has 6 heteroatoms. The van der Waals surface area contributed by atoms with Crippen LogP contribution in [-0.4, -0.2) is 21.4 Å². The van der Waals surface area contributed by atoms with Gasteiger partial charge in [0.25, 0.3) is 11.5 Å². The monoisotopic (exact) mass is 349 g/mol. The maximum atomic E-state index is 12.9. The van der Waals surface area contributed by atoms with Gasteiger partial charge in [-0.15, -0.1) is 0 Å². The van der Waals surface area contributed by atoms with E-state index in [0.717, 1.165) is 17.0 Å². The topological polar surface area (TPSA) is 65.3 Å². The van der Waals surface area contributed by atoms with Gasteiger partial charge in [-0.25, -0.2) is 4.68 Å². The molecule has 0 bridgehead atoms. The molecule has 0 radical (unpaired) electrons. The van der Waals surface area contributed by atoms with Crippen molar-refractivity contribution < 1.29 is 9.53 Å². The van der Waals surface area contributed by atoms with Crippen molar-refractivity contribution in [2.45, 2.75) is 19.4 Å². The zero-order valence-corrected chi connectivity index (χ0v) is 14.6. The molecule has 1 N–H and O–H groups in total. The Bertz CT molecular complexity index is 1010. The Balaban J connectivity index is 1.62. The van der Waals surface area contributed by atoms with Gasteiger partial charge in [0.05, 0.1) is 11.4 Å². The second-order valence-electron chi connectivity index (χ2n) is 6.34. The Labute approximate surface area is 150 Å². The molecule has 0 saturated carbocycles. The number of nitrogens with zero attached hydrogens (tertiary/aromatic N) is 2. The van der Waals surface area contributed by atoms with Gasteiger partial charge in [0.1, 0.15) is 11.4 Å². The number of hydrogen-bond acceptors (Lipinski definition) is 3. The van der Waals surface area contributed by atoms with E-state index in [-0.39, 0.29) is 17.2 Å². The first-order chi connectivity index (χ1) is 12.6. The van der Waals surface area contributed by atoms with Crippen molar-refractivity contribution in [2.24, 2.45) is 7.05 Å². The highest BCUT2D eigenvalue weighted by molar-refractivity contribution is 5.95. The SMILES string of the molecule is Cc1c(NC(=O)C2Cc3ccccc3O2)c(=O)n(-c2ccccc2)n1C. The molecule has 1 aromatic heterocycles. The fraction of sp³-hybridized carbons (Fsp3) is 0.200. The van der Waals surface area contributed by atoms with Crippen LogP contribution in [0.4, 0.5) is 5.69 Å². The Morgan fingerprint density at radius 2 is 1.81 bits per heavy atom. The molecule has 6 nitrogen and oxygen atoms in total. The number of hydrogen-bond donors (Lipinski definition) is 1. The minimum Gasteiger partial charge on any atom is -0.480 e. The second-order valence-corrected chi connectivity index (χ2v) is 6.34. The number of benzene rings is 2. The number of rotatable bonds is 3. The molecular formula is C20H19N3O3. The highest BCUT2D eigenvalue weighted by Crippen LogP contribution is 2.28. The summed E-state index contributed by atoms with van der Waals surface area (Å²) in [5.74, 6) is 0.409. The van der Waals surface area contributed by atoms with Gasteiger partial charge in [0.2, 0.25) is 0 Å². The summed E-state index contributed by atoms with van der Waals surface area (Å²) in [5, 5.41) is 2.77. The molecule has 1 atom stereocenters. The molecule has 3 aromatic rings. The largest absolute Gasteiger partial charge is 0.480 e. The van der Waals surface area contributed by atoms with E-state index in [1.807, 2.05) is 54.6 Å². The molecule has 1 aliphatic rings. The zero-order chi connectivity index (χ0) is 18.3. The van der Waals surface area contributed by atoms with Gasteiger partial charge in [-0.1, -0.05) is 36.4 Å². The third-order valence-electron chi connectivity index (χ3n) is 4.74. The molecule has 26 heavy (non-hydrogen) atoms. The summed E-state index contributed by atoms with van der Waals surface area (Å²) in [6.45, 7) is 1.81. The summed E-state index contributed by atoms with van der Waals surface area (Å²) in [6.07, 6.45) is -0.127. The molecule has 0 saturated heterocycles. The molecule has 132 valence electrons. The average Bonchev–Trinajstić information content (AvgIpc) is 3.18. The fourth-order valence-corrected chi connectivity index (χ4v) is 3.24. The van der Waals surface area contributed by atoms with Gasteiger partial charge in [-0.3, -0.25) is 14.3 Å². The number of fused-ring (bicyclic) bond motifs is 1. The highest BCUT2D eigenvalue weighted by Gasteiger charge is 2.30. The second kappa shape index (κ2) is 6.22. The van der Waals surface area contributed by atoms with Crippen LogP contribution in [0.2, 0.25) is 0 Å². The molecule has 1 unspecified atom stereocenters. The predicted octanol–water partition coefficient (Wildman–Crippen LogP) is 2.43. The average molecular weight is 349 g/mol. The molecule has 0 fully saturated rings. The lowest BCUT2D eigenvalue weighted by atomic mass is 10.1. The number of anilines is 1. The van der Waals surface area contributed by atoms with Gasteiger partial charge in [0.15, 0.2) is 6.10 Å². The lowest BCUT2D eigenvalue weighted by Gasteiger charge is -2.10. The molecule has 1 amide bonds. The maximum absolute atomic E-state index is 12.9. The maximum Gasteiger partial charge on any atom is 0.295 e. The molecule has 4 rings (SSSR count). The zero-order valence-electron chi connectivity index (χ0n) is 14.6. The van der Waals surface area contributed by atoms with Crippen LogP contribution in [0.25, 0.3) is 5.69 Å². The first-order valence-corrected chi connectivity index (χ1v) is 8.45.